The predicted molar refractivity (Wildman–Crippen MR) is 86.7 cm³/mol. The first kappa shape index (κ1) is 13.9. The molecule has 2 aliphatic rings. The van der Waals surface area contributed by atoms with Gasteiger partial charge in [-0.25, -0.2) is 0 Å². The van der Waals surface area contributed by atoms with E-state index in [4.69, 9.17) is 0 Å². The summed E-state index contributed by atoms with van der Waals surface area (Å²) in [5.41, 5.74) is 4.79. The van der Waals surface area contributed by atoms with E-state index >= 15 is 0 Å². The van der Waals surface area contributed by atoms with Gasteiger partial charge in [-0.15, -0.1) is 0 Å². The van der Waals surface area contributed by atoms with Gasteiger partial charge in [0.25, 0.3) is 0 Å². The fraction of sp³-hybridized carbons (Fsp3) is 0.632. The van der Waals surface area contributed by atoms with Crippen LogP contribution in [-0.4, -0.2) is 12.8 Å². The van der Waals surface area contributed by atoms with Crippen molar-refractivity contribution in [3.63, 3.8) is 0 Å². The monoisotopic (exact) mass is 269 g/mol. The predicted octanol–water partition coefficient (Wildman–Crippen LogP) is 4.84. The molecule has 0 spiro atoms. The number of aryl methyl sites for hydroxylation is 2. The van der Waals surface area contributed by atoms with Crippen molar-refractivity contribution in [3.05, 3.63) is 34.9 Å². The zero-order valence-corrected chi connectivity index (χ0v) is 13.2. The number of benzene rings is 1. The fourth-order valence-corrected chi connectivity index (χ4v) is 4.11. The van der Waals surface area contributed by atoms with Gasteiger partial charge in [0.05, 0.1) is 0 Å². The van der Waals surface area contributed by atoms with Gasteiger partial charge in [-0.2, -0.15) is 0 Å². The molecule has 0 aromatic heterocycles. The second-order valence-corrected chi connectivity index (χ2v) is 7.09. The van der Waals surface area contributed by atoms with E-state index in [9.17, 15) is 0 Å². The Morgan fingerprint density at radius 2 is 1.80 bits per heavy atom. The molecule has 20 heavy (non-hydrogen) atoms. The van der Waals surface area contributed by atoms with Crippen LogP contribution in [0, 0.1) is 25.7 Å². The Labute approximate surface area is 123 Å². The highest BCUT2D eigenvalue weighted by atomic mass is 14.8. The third-order valence-electron chi connectivity index (χ3n) is 5.81. The molecule has 3 rings (SSSR count). The number of rotatable bonds is 2. The van der Waals surface area contributed by atoms with E-state index in [-0.39, 0.29) is 0 Å². The largest absolute Gasteiger partial charge is 0.297 e. The van der Waals surface area contributed by atoms with Gasteiger partial charge in [-0.3, -0.25) is 4.99 Å². The number of nitrogens with zero attached hydrogens (tertiary/aromatic N) is 1. The number of hydrogen-bond donors (Lipinski definition) is 0. The van der Waals surface area contributed by atoms with Gasteiger partial charge in [-0.05, 0) is 68.6 Å². The van der Waals surface area contributed by atoms with Gasteiger partial charge in [-0.1, -0.05) is 25.1 Å². The van der Waals surface area contributed by atoms with Gasteiger partial charge < -0.3 is 0 Å². The molecule has 1 aromatic rings. The van der Waals surface area contributed by atoms with E-state index in [1.165, 1.54) is 43.2 Å². The second-order valence-electron chi connectivity index (χ2n) is 7.09. The average Bonchev–Trinajstić information content (AvgIpc) is 2.98. The van der Waals surface area contributed by atoms with E-state index in [0.717, 1.165) is 12.5 Å². The van der Waals surface area contributed by atoms with Crippen LogP contribution in [0.15, 0.2) is 23.2 Å². The number of hydrogen-bond acceptors (Lipinski definition) is 1. The first-order valence-corrected chi connectivity index (χ1v) is 8.19. The highest BCUT2D eigenvalue weighted by molar-refractivity contribution is 5.66. The van der Waals surface area contributed by atoms with Crippen LogP contribution in [0.4, 0.5) is 0 Å². The summed E-state index contributed by atoms with van der Waals surface area (Å²) in [5, 5.41) is 0. The lowest BCUT2D eigenvalue weighted by molar-refractivity contribution is 0.199. The molecule has 108 valence electrons. The highest BCUT2D eigenvalue weighted by Crippen LogP contribution is 2.48. The Morgan fingerprint density at radius 1 is 1.05 bits per heavy atom. The first-order chi connectivity index (χ1) is 9.62. The van der Waals surface area contributed by atoms with Crippen molar-refractivity contribution in [1.29, 1.82) is 0 Å². The van der Waals surface area contributed by atoms with Crippen LogP contribution in [0.1, 0.15) is 55.7 Å². The summed E-state index contributed by atoms with van der Waals surface area (Å²) in [6, 6.07) is 7.17. The summed E-state index contributed by atoms with van der Waals surface area (Å²) < 4.78 is 0. The van der Waals surface area contributed by atoms with E-state index in [1.807, 2.05) is 0 Å². The first-order valence-electron chi connectivity index (χ1n) is 8.19. The lowest BCUT2D eigenvalue weighted by atomic mass is 9.60. The van der Waals surface area contributed by atoms with E-state index < -0.39 is 0 Å². The highest BCUT2D eigenvalue weighted by Gasteiger charge is 2.42. The minimum absolute atomic E-state index is 0.366. The third kappa shape index (κ3) is 2.32. The van der Waals surface area contributed by atoms with Crippen LogP contribution < -0.4 is 0 Å². The molecule has 1 nitrogen and oxygen atoms in total. The zero-order chi connectivity index (χ0) is 14.2. The van der Waals surface area contributed by atoms with Crippen molar-refractivity contribution in [3.8, 4) is 0 Å². The zero-order valence-electron chi connectivity index (χ0n) is 13.2. The molecule has 0 radical (unpaired) electrons. The molecule has 0 bridgehead atoms. The van der Waals surface area contributed by atoms with Crippen molar-refractivity contribution in [2.45, 2.75) is 58.3 Å². The second kappa shape index (κ2) is 5.35. The van der Waals surface area contributed by atoms with Crippen LogP contribution in [0.2, 0.25) is 0 Å². The minimum atomic E-state index is 0.366. The van der Waals surface area contributed by atoms with Crippen molar-refractivity contribution in [2.75, 3.05) is 6.54 Å². The van der Waals surface area contributed by atoms with E-state index in [2.05, 4.69) is 50.2 Å². The third-order valence-corrected chi connectivity index (χ3v) is 5.81. The molecule has 1 heterocycles. The van der Waals surface area contributed by atoms with Crippen molar-refractivity contribution >= 4 is 6.21 Å². The Balaban J connectivity index is 2.00. The maximum atomic E-state index is 4.54. The lowest BCUT2D eigenvalue weighted by Gasteiger charge is -2.44. The topological polar surface area (TPSA) is 12.4 Å². The molecule has 1 fully saturated rings. The van der Waals surface area contributed by atoms with Crippen molar-refractivity contribution < 1.29 is 0 Å². The van der Waals surface area contributed by atoms with Crippen LogP contribution in [-0.2, 0) is 5.41 Å². The quantitative estimate of drug-likeness (QED) is 0.728. The van der Waals surface area contributed by atoms with Crippen LogP contribution in [0.5, 0.6) is 0 Å². The summed E-state index contributed by atoms with van der Waals surface area (Å²) in [5.74, 6) is 1.56. The summed E-state index contributed by atoms with van der Waals surface area (Å²) in [6.07, 6.45) is 8.95. The molecule has 0 amide bonds. The lowest BCUT2D eigenvalue weighted by Crippen LogP contribution is -2.39. The smallest absolute Gasteiger partial charge is 0.0392 e. The van der Waals surface area contributed by atoms with Gasteiger partial charge in [0.15, 0.2) is 0 Å². The fourth-order valence-electron chi connectivity index (χ4n) is 4.11. The summed E-state index contributed by atoms with van der Waals surface area (Å²) >= 11 is 0. The summed E-state index contributed by atoms with van der Waals surface area (Å²) in [6.45, 7) is 7.91. The summed E-state index contributed by atoms with van der Waals surface area (Å²) in [4.78, 5) is 4.54. The SMILES string of the molecule is Cc1ccc(C2([C@H]3C=NCC3)CCC(C)CC2)cc1C. The van der Waals surface area contributed by atoms with Gasteiger partial charge >= 0.3 is 0 Å². The Hall–Kier alpha value is -1.11. The number of aliphatic imine (C=N–C) groups is 1. The Morgan fingerprint density at radius 3 is 2.40 bits per heavy atom. The maximum absolute atomic E-state index is 4.54. The van der Waals surface area contributed by atoms with Crippen LogP contribution >= 0.6 is 0 Å². The molecular formula is C19H27N. The Kier molecular flexibility index (Phi) is 3.70. The average molecular weight is 269 g/mol. The molecule has 1 aliphatic heterocycles. The van der Waals surface area contributed by atoms with E-state index in [1.54, 1.807) is 5.56 Å². The summed E-state index contributed by atoms with van der Waals surface area (Å²) in [7, 11) is 0. The van der Waals surface area contributed by atoms with Gasteiger partial charge in [0.2, 0.25) is 0 Å². The standard InChI is InChI=1S/C19H27N/c1-14-6-9-19(10-7-14,18-8-11-20-13-18)17-5-4-15(2)16(3)12-17/h4-5,12-14,18H,6-11H2,1-3H3/t14?,18-,19?/m1/s1. The normalized spacial score (nSPS) is 33.5. The minimum Gasteiger partial charge on any atom is -0.297 e. The Bertz CT molecular complexity index is 506. The molecule has 0 unspecified atom stereocenters. The van der Waals surface area contributed by atoms with Crippen molar-refractivity contribution in [1.82, 2.24) is 0 Å². The van der Waals surface area contributed by atoms with Crippen molar-refractivity contribution in [2.24, 2.45) is 16.8 Å². The maximum Gasteiger partial charge on any atom is 0.0392 e. The van der Waals surface area contributed by atoms with Crippen LogP contribution in [0.3, 0.4) is 0 Å². The molecule has 0 N–H and O–H groups in total. The molecule has 1 heteroatoms. The molecule has 1 saturated carbocycles. The molecule has 0 saturated heterocycles. The van der Waals surface area contributed by atoms with Crippen LogP contribution in [0.25, 0.3) is 0 Å². The molecule has 1 aromatic carbocycles. The molecule has 1 atom stereocenters. The van der Waals surface area contributed by atoms with E-state index in [0.29, 0.717) is 11.3 Å². The molecular weight excluding hydrogens is 242 g/mol. The van der Waals surface area contributed by atoms with Gasteiger partial charge in [0, 0.05) is 24.1 Å². The molecule has 1 aliphatic carbocycles. The van der Waals surface area contributed by atoms with Gasteiger partial charge in [0.1, 0.15) is 0 Å².